The Kier molecular flexibility index (Phi) is 7.08. The highest BCUT2D eigenvalue weighted by Gasteiger charge is 2.29. The maximum Gasteiger partial charge on any atom is 0.269 e. The molecule has 9 heteroatoms. The molecule has 33 heavy (non-hydrogen) atoms. The third-order valence-electron chi connectivity index (χ3n) is 6.14. The Hall–Kier alpha value is -3.20. The van der Waals surface area contributed by atoms with E-state index < -0.39 is 4.92 Å². The molecule has 0 saturated heterocycles. The lowest BCUT2D eigenvalue weighted by atomic mass is 9.85. The van der Waals surface area contributed by atoms with Crippen molar-refractivity contribution in [1.29, 1.82) is 0 Å². The molecular weight excluding hydrogens is 440 g/mol. The zero-order valence-electron chi connectivity index (χ0n) is 18.6. The minimum Gasteiger partial charge on any atom is -0.497 e. The molecule has 0 unspecified atom stereocenters. The summed E-state index contributed by atoms with van der Waals surface area (Å²) in [5.74, 6) is 2.13. The van der Waals surface area contributed by atoms with Gasteiger partial charge in [0, 0.05) is 29.3 Å². The van der Waals surface area contributed by atoms with E-state index in [1.165, 1.54) is 42.4 Å². The molecule has 0 spiro atoms. The van der Waals surface area contributed by atoms with Crippen LogP contribution in [0.5, 0.6) is 5.75 Å². The number of hydrogen-bond acceptors (Lipinski definition) is 7. The lowest BCUT2D eigenvalue weighted by molar-refractivity contribution is -0.384. The first kappa shape index (κ1) is 23.0. The summed E-state index contributed by atoms with van der Waals surface area (Å²) in [6, 6.07) is 13.7. The van der Waals surface area contributed by atoms with E-state index in [4.69, 9.17) is 4.74 Å². The number of non-ortho nitro benzene ring substituents is 1. The second-order valence-corrected chi connectivity index (χ2v) is 9.19. The first-order valence-electron chi connectivity index (χ1n) is 11.0. The van der Waals surface area contributed by atoms with Gasteiger partial charge in [-0.25, -0.2) is 0 Å². The van der Waals surface area contributed by atoms with Gasteiger partial charge in [-0.15, -0.1) is 10.2 Å². The normalized spacial score (nSPS) is 18.1. The van der Waals surface area contributed by atoms with Crippen molar-refractivity contribution >= 4 is 23.2 Å². The number of carbonyl (C=O) groups is 1. The molecular formula is C24H26N4O4S. The molecule has 0 N–H and O–H groups in total. The van der Waals surface area contributed by atoms with Gasteiger partial charge in [-0.1, -0.05) is 31.5 Å². The summed E-state index contributed by atoms with van der Waals surface area (Å²) in [6.45, 7) is 2.26. The average molecular weight is 467 g/mol. The van der Waals surface area contributed by atoms with E-state index in [0.29, 0.717) is 11.5 Å². The van der Waals surface area contributed by atoms with Crippen LogP contribution in [0.25, 0.3) is 11.4 Å². The van der Waals surface area contributed by atoms with E-state index in [0.717, 1.165) is 41.6 Å². The summed E-state index contributed by atoms with van der Waals surface area (Å²) in [5, 5.41) is 20.5. The van der Waals surface area contributed by atoms with Crippen molar-refractivity contribution in [2.75, 3.05) is 12.9 Å². The van der Waals surface area contributed by atoms with Crippen molar-refractivity contribution in [2.45, 2.75) is 43.8 Å². The summed E-state index contributed by atoms with van der Waals surface area (Å²) < 4.78 is 7.47. The number of carbonyl (C=O) groups excluding carboxylic acids is 1. The predicted molar refractivity (Wildman–Crippen MR) is 127 cm³/mol. The lowest BCUT2D eigenvalue weighted by Crippen LogP contribution is -2.22. The fraction of sp³-hybridized carbons (Fsp3) is 0.375. The molecule has 1 aliphatic carbocycles. The monoisotopic (exact) mass is 466 g/mol. The van der Waals surface area contributed by atoms with Crippen LogP contribution in [0.3, 0.4) is 0 Å². The van der Waals surface area contributed by atoms with Crippen LogP contribution in [0.4, 0.5) is 5.69 Å². The molecule has 2 atom stereocenters. The minimum atomic E-state index is -0.475. The number of benzene rings is 2. The van der Waals surface area contributed by atoms with Crippen LogP contribution in [0, 0.1) is 16.0 Å². The third kappa shape index (κ3) is 5.08. The highest BCUT2D eigenvalue weighted by Crippen LogP contribution is 2.39. The number of aromatic nitrogens is 3. The highest BCUT2D eigenvalue weighted by atomic mass is 32.2. The Morgan fingerprint density at radius 2 is 1.82 bits per heavy atom. The van der Waals surface area contributed by atoms with Gasteiger partial charge < -0.3 is 4.74 Å². The van der Waals surface area contributed by atoms with Crippen molar-refractivity contribution < 1.29 is 14.5 Å². The van der Waals surface area contributed by atoms with E-state index in [9.17, 15) is 14.9 Å². The van der Waals surface area contributed by atoms with E-state index in [1.54, 1.807) is 7.11 Å². The maximum atomic E-state index is 12.7. The van der Waals surface area contributed by atoms with Gasteiger partial charge in [-0.05, 0) is 55.2 Å². The quantitative estimate of drug-likeness (QED) is 0.185. The first-order valence-corrected chi connectivity index (χ1v) is 12.0. The summed E-state index contributed by atoms with van der Waals surface area (Å²) in [6.07, 6.45) is 4.57. The molecule has 1 saturated carbocycles. The van der Waals surface area contributed by atoms with Crippen LogP contribution >= 0.6 is 11.8 Å². The fourth-order valence-electron chi connectivity index (χ4n) is 4.27. The Labute approximate surface area is 196 Å². The van der Waals surface area contributed by atoms with Crippen LogP contribution in [-0.4, -0.2) is 38.3 Å². The summed E-state index contributed by atoms with van der Waals surface area (Å²) >= 11 is 1.36. The molecule has 2 aromatic carbocycles. The lowest BCUT2D eigenvalue weighted by Gasteiger charge is -2.31. The van der Waals surface area contributed by atoms with Gasteiger partial charge in [-0.3, -0.25) is 19.5 Å². The standard InChI is InChI=1S/C24H26N4O4S/c1-16-5-3-4-6-21(16)27-23(18-9-13-20(32-2)14-10-18)25-26-24(27)33-15-22(29)17-7-11-19(12-8-17)28(30)31/h7-14,16,21H,3-6,15H2,1-2H3/t16-,21+/m1/s1. The molecule has 1 fully saturated rings. The molecule has 1 heterocycles. The number of nitro groups is 1. The van der Waals surface area contributed by atoms with Crippen LogP contribution in [0.15, 0.2) is 53.7 Å². The average Bonchev–Trinajstić information content (AvgIpc) is 3.26. The Balaban J connectivity index is 1.59. The van der Waals surface area contributed by atoms with Crippen molar-refractivity contribution in [3.63, 3.8) is 0 Å². The van der Waals surface area contributed by atoms with Gasteiger partial charge in [-0.2, -0.15) is 0 Å². The summed E-state index contributed by atoms with van der Waals surface area (Å²) in [5.41, 5.74) is 1.37. The third-order valence-corrected chi connectivity index (χ3v) is 7.09. The summed E-state index contributed by atoms with van der Waals surface area (Å²) in [4.78, 5) is 23.1. The zero-order chi connectivity index (χ0) is 23.4. The predicted octanol–water partition coefficient (Wildman–Crippen LogP) is 5.59. The molecule has 8 nitrogen and oxygen atoms in total. The molecule has 1 aromatic heterocycles. The van der Waals surface area contributed by atoms with Gasteiger partial charge in [0.15, 0.2) is 16.8 Å². The SMILES string of the molecule is COc1ccc(-c2nnc(SCC(=O)c3ccc([N+](=O)[O-])cc3)n2[C@H]2CCCC[C@H]2C)cc1. The molecule has 0 bridgehead atoms. The number of ketones is 1. The zero-order valence-corrected chi connectivity index (χ0v) is 19.5. The van der Waals surface area contributed by atoms with Crippen molar-refractivity contribution in [3.05, 3.63) is 64.2 Å². The van der Waals surface area contributed by atoms with E-state index in [2.05, 4.69) is 21.7 Å². The Bertz CT molecular complexity index is 1130. The number of nitrogens with zero attached hydrogens (tertiary/aromatic N) is 4. The smallest absolute Gasteiger partial charge is 0.269 e. The Morgan fingerprint density at radius 1 is 1.12 bits per heavy atom. The van der Waals surface area contributed by atoms with Gasteiger partial charge >= 0.3 is 0 Å². The second kappa shape index (κ2) is 10.2. The van der Waals surface area contributed by atoms with Crippen molar-refractivity contribution in [3.8, 4) is 17.1 Å². The van der Waals surface area contributed by atoms with Gasteiger partial charge in [0.05, 0.1) is 17.8 Å². The number of thioether (sulfide) groups is 1. The maximum absolute atomic E-state index is 12.7. The number of nitro benzene ring substituents is 1. The topological polar surface area (TPSA) is 100 Å². The molecule has 3 aromatic rings. The number of Topliss-reactive ketones (excluding diaryl/α,β-unsaturated/α-hetero) is 1. The molecule has 1 aliphatic rings. The van der Waals surface area contributed by atoms with Crippen LogP contribution < -0.4 is 4.74 Å². The van der Waals surface area contributed by atoms with Gasteiger partial charge in [0.25, 0.3) is 5.69 Å². The largest absolute Gasteiger partial charge is 0.497 e. The number of hydrogen-bond donors (Lipinski definition) is 0. The first-order chi connectivity index (χ1) is 16.0. The number of rotatable bonds is 8. The van der Waals surface area contributed by atoms with E-state index >= 15 is 0 Å². The van der Waals surface area contributed by atoms with E-state index in [-0.39, 0.29) is 23.3 Å². The van der Waals surface area contributed by atoms with Crippen LogP contribution in [-0.2, 0) is 0 Å². The molecule has 4 rings (SSSR count). The van der Waals surface area contributed by atoms with Gasteiger partial charge in [0.2, 0.25) is 0 Å². The second-order valence-electron chi connectivity index (χ2n) is 8.25. The van der Waals surface area contributed by atoms with Crippen molar-refractivity contribution in [2.24, 2.45) is 5.92 Å². The van der Waals surface area contributed by atoms with Crippen molar-refractivity contribution in [1.82, 2.24) is 14.8 Å². The fourth-order valence-corrected chi connectivity index (χ4v) is 5.16. The summed E-state index contributed by atoms with van der Waals surface area (Å²) in [7, 11) is 1.64. The minimum absolute atomic E-state index is 0.0330. The molecule has 0 radical (unpaired) electrons. The van der Waals surface area contributed by atoms with Gasteiger partial charge in [0.1, 0.15) is 5.75 Å². The number of ether oxygens (including phenoxy) is 1. The van der Waals surface area contributed by atoms with E-state index in [1.807, 2.05) is 24.3 Å². The molecule has 0 aliphatic heterocycles. The Morgan fingerprint density at radius 3 is 2.45 bits per heavy atom. The van der Waals surface area contributed by atoms with Crippen LogP contribution in [0.1, 0.15) is 49.0 Å². The van der Waals surface area contributed by atoms with Crippen LogP contribution in [0.2, 0.25) is 0 Å². The number of methoxy groups -OCH3 is 1. The molecule has 0 amide bonds. The molecule has 172 valence electrons. The highest BCUT2D eigenvalue weighted by molar-refractivity contribution is 7.99.